The van der Waals surface area contributed by atoms with Crippen molar-refractivity contribution >= 4 is 11.7 Å². The van der Waals surface area contributed by atoms with Crippen molar-refractivity contribution in [3.05, 3.63) is 23.8 Å². The molecule has 0 atom stereocenters. The van der Waals surface area contributed by atoms with E-state index in [4.69, 9.17) is 9.84 Å². The standard InChI is InChI=1S/C8H7NO3/c10-8(11)5-1-2-6-7(3-5)12-4-9-6/h1-3,9H,4H2,(H,10,11). The molecular weight excluding hydrogens is 158 g/mol. The molecule has 62 valence electrons. The Balaban J connectivity index is 2.45. The average molecular weight is 165 g/mol. The molecule has 0 bridgehead atoms. The molecule has 0 radical (unpaired) electrons. The maximum atomic E-state index is 10.5. The van der Waals surface area contributed by atoms with Crippen molar-refractivity contribution in [3.63, 3.8) is 0 Å². The number of benzene rings is 1. The van der Waals surface area contributed by atoms with Gasteiger partial charge >= 0.3 is 5.97 Å². The van der Waals surface area contributed by atoms with Crippen LogP contribution < -0.4 is 10.1 Å². The summed E-state index contributed by atoms with van der Waals surface area (Å²) >= 11 is 0. The van der Waals surface area contributed by atoms with Crippen LogP contribution in [0, 0.1) is 0 Å². The summed E-state index contributed by atoms with van der Waals surface area (Å²) in [5.74, 6) is -0.330. The van der Waals surface area contributed by atoms with Crippen molar-refractivity contribution < 1.29 is 14.6 Å². The van der Waals surface area contributed by atoms with Crippen LogP contribution in [-0.4, -0.2) is 17.8 Å². The smallest absolute Gasteiger partial charge is 0.335 e. The second kappa shape index (κ2) is 2.41. The molecule has 4 heteroatoms. The number of hydrogen-bond acceptors (Lipinski definition) is 3. The molecule has 0 aliphatic carbocycles. The maximum Gasteiger partial charge on any atom is 0.335 e. The van der Waals surface area contributed by atoms with E-state index in [-0.39, 0.29) is 5.56 Å². The number of ether oxygens (including phenoxy) is 1. The fraction of sp³-hybridized carbons (Fsp3) is 0.125. The van der Waals surface area contributed by atoms with E-state index >= 15 is 0 Å². The van der Waals surface area contributed by atoms with E-state index in [1.54, 1.807) is 12.1 Å². The molecular formula is C8H7NO3. The van der Waals surface area contributed by atoms with E-state index in [9.17, 15) is 4.79 Å². The predicted molar refractivity (Wildman–Crippen MR) is 42.5 cm³/mol. The third-order valence-corrected chi connectivity index (χ3v) is 1.72. The minimum Gasteiger partial charge on any atom is -0.478 e. The Bertz CT molecular complexity index is 335. The number of hydrogen-bond donors (Lipinski definition) is 2. The van der Waals surface area contributed by atoms with Crippen LogP contribution in [0.1, 0.15) is 10.4 Å². The lowest BCUT2D eigenvalue weighted by molar-refractivity contribution is 0.0696. The van der Waals surface area contributed by atoms with E-state index in [0.29, 0.717) is 12.5 Å². The lowest BCUT2D eigenvalue weighted by Gasteiger charge is -1.97. The quantitative estimate of drug-likeness (QED) is 0.655. The fourth-order valence-electron chi connectivity index (χ4n) is 1.11. The Morgan fingerprint density at radius 3 is 3.17 bits per heavy atom. The molecule has 0 saturated carbocycles. The topological polar surface area (TPSA) is 58.6 Å². The number of rotatable bonds is 1. The van der Waals surface area contributed by atoms with Gasteiger partial charge in [0.05, 0.1) is 11.3 Å². The summed E-state index contributed by atoms with van der Waals surface area (Å²) in [6.45, 7) is 0.415. The first-order valence-electron chi connectivity index (χ1n) is 3.51. The van der Waals surface area contributed by atoms with Gasteiger partial charge in [0.15, 0.2) is 6.73 Å². The molecule has 1 aliphatic rings. The summed E-state index contributed by atoms with van der Waals surface area (Å²) in [6, 6.07) is 4.76. The van der Waals surface area contributed by atoms with Crippen molar-refractivity contribution in [2.45, 2.75) is 0 Å². The number of aromatic carboxylic acids is 1. The molecule has 4 nitrogen and oxygen atoms in total. The highest BCUT2D eigenvalue weighted by atomic mass is 16.5. The van der Waals surface area contributed by atoms with Crippen molar-refractivity contribution in [1.29, 1.82) is 0 Å². The number of nitrogens with one attached hydrogen (secondary N) is 1. The van der Waals surface area contributed by atoms with Crippen LogP contribution in [0.15, 0.2) is 18.2 Å². The van der Waals surface area contributed by atoms with E-state index in [2.05, 4.69) is 5.32 Å². The third-order valence-electron chi connectivity index (χ3n) is 1.72. The number of carboxylic acid groups (broad SMARTS) is 1. The first-order valence-corrected chi connectivity index (χ1v) is 3.51. The Labute approximate surface area is 68.8 Å². The highest BCUT2D eigenvalue weighted by Crippen LogP contribution is 2.29. The second-order valence-electron chi connectivity index (χ2n) is 2.48. The Morgan fingerprint density at radius 1 is 1.58 bits per heavy atom. The van der Waals surface area contributed by atoms with Crippen LogP contribution in [0.4, 0.5) is 5.69 Å². The van der Waals surface area contributed by atoms with Crippen LogP contribution in [0.2, 0.25) is 0 Å². The number of carbonyl (C=O) groups is 1. The van der Waals surface area contributed by atoms with E-state index in [1.807, 2.05) is 0 Å². The van der Waals surface area contributed by atoms with Crippen LogP contribution >= 0.6 is 0 Å². The van der Waals surface area contributed by atoms with E-state index in [0.717, 1.165) is 5.69 Å². The van der Waals surface area contributed by atoms with Gasteiger partial charge in [-0.25, -0.2) is 4.79 Å². The average Bonchev–Trinajstić information content (AvgIpc) is 2.49. The van der Waals surface area contributed by atoms with Crippen LogP contribution in [0.25, 0.3) is 0 Å². The lowest BCUT2D eigenvalue weighted by atomic mass is 10.2. The van der Waals surface area contributed by atoms with Gasteiger partial charge in [-0.3, -0.25) is 0 Å². The molecule has 0 unspecified atom stereocenters. The maximum absolute atomic E-state index is 10.5. The van der Waals surface area contributed by atoms with Gasteiger partial charge in [0.2, 0.25) is 0 Å². The zero-order chi connectivity index (χ0) is 8.55. The molecule has 0 aromatic heterocycles. The van der Waals surface area contributed by atoms with Gasteiger partial charge in [0.25, 0.3) is 0 Å². The minimum atomic E-state index is -0.937. The normalized spacial score (nSPS) is 13.0. The molecule has 1 aromatic carbocycles. The van der Waals surface area contributed by atoms with Crippen molar-refractivity contribution in [3.8, 4) is 5.75 Å². The minimum absolute atomic E-state index is 0.248. The van der Waals surface area contributed by atoms with Gasteiger partial charge < -0.3 is 15.2 Å². The van der Waals surface area contributed by atoms with Gasteiger partial charge in [0, 0.05) is 0 Å². The highest BCUT2D eigenvalue weighted by Gasteiger charge is 2.13. The highest BCUT2D eigenvalue weighted by molar-refractivity contribution is 5.89. The Hall–Kier alpha value is -1.71. The summed E-state index contributed by atoms with van der Waals surface area (Å²) in [4.78, 5) is 10.5. The monoisotopic (exact) mass is 165 g/mol. The molecule has 1 aliphatic heterocycles. The second-order valence-corrected chi connectivity index (χ2v) is 2.48. The SMILES string of the molecule is O=C(O)c1ccc2c(c1)OCN2. The molecule has 1 aromatic rings. The Kier molecular flexibility index (Phi) is 1.40. The molecule has 0 fully saturated rings. The first kappa shape index (κ1) is 6.97. The first-order chi connectivity index (χ1) is 5.77. The third kappa shape index (κ3) is 0.972. The van der Waals surface area contributed by atoms with Gasteiger partial charge in [-0.1, -0.05) is 0 Å². The lowest BCUT2D eigenvalue weighted by Crippen LogP contribution is -1.96. The fourth-order valence-corrected chi connectivity index (χ4v) is 1.11. The zero-order valence-electron chi connectivity index (χ0n) is 6.20. The van der Waals surface area contributed by atoms with E-state index in [1.165, 1.54) is 6.07 Å². The van der Waals surface area contributed by atoms with E-state index < -0.39 is 5.97 Å². The molecule has 12 heavy (non-hydrogen) atoms. The van der Waals surface area contributed by atoms with Gasteiger partial charge in [-0.15, -0.1) is 0 Å². The van der Waals surface area contributed by atoms with Crippen molar-refractivity contribution in [1.82, 2.24) is 0 Å². The molecule has 2 rings (SSSR count). The number of anilines is 1. The van der Waals surface area contributed by atoms with Gasteiger partial charge in [-0.05, 0) is 18.2 Å². The number of fused-ring (bicyclic) bond motifs is 1. The molecule has 1 heterocycles. The molecule has 0 amide bonds. The van der Waals surface area contributed by atoms with Crippen LogP contribution in [0.5, 0.6) is 5.75 Å². The van der Waals surface area contributed by atoms with Gasteiger partial charge in [0.1, 0.15) is 5.75 Å². The van der Waals surface area contributed by atoms with Crippen LogP contribution in [0.3, 0.4) is 0 Å². The summed E-state index contributed by atoms with van der Waals surface area (Å²) < 4.78 is 5.11. The Morgan fingerprint density at radius 2 is 2.42 bits per heavy atom. The summed E-state index contributed by atoms with van der Waals surface area (Å²) in [5, 5.41) is 11.6. The summed E-state index contributed by atoms with van der Waals surface area (Å²) in [7, 11) is 0. The molecule has 0 saturated heterocycles. The van der Waals surface area contributed by atoms with Gasteiger partial charge in [-0.2, -0.15) is 0 Å². The zero-order valence-corrected chi connectivity index (χ0v) is 6.20. The van der Waals surface area contributed by atoms with Crippen LogP contribution in [-0.2, 0) is 0 Å². The molecule has 2 N–H and O–H groups in total. The largest absolute Gasteiger partial charge is 0.478 e. The predicted octanol–water partition coefficient (Wildman–Crippen LogP) is 1.15. The summed E-state index contributed by atoms with van der Waals surface area (Å²) in [6.07, 6.45) is 0. The molecule has 0 spiro atoms. The van der Waals surface area contributed by atoms with Crippen molar-refractivity contribution in [2.24, 2.45) is 0 Å². The number of carboxylic acids is 1. The summed E-state index contributed by atoms with van der Waals surface area (Å²) in [5.41, 5.74) is 1.09. The van der Waals surface area contributed by atoms with Crippen molar-refractivity contribution in [2.75, 3.05) is 12.0 Å².